The van der Waals surface area contributed by atoms with E-state index in [1.807, 2.05) is 22.7 Å². The van der Waals surface area contributed by atoms with Gasteiger partial charge in [-0.05, 0) is 103 Å². The van der Waals surface area contributed by atoms with Crippen molar-refractivity contribution in [2.45, 2.75) is 13.8 Å². The van der Waals surface area contributed by atoms with Gasteiger partial charge in [0.05, 0.1) is 28.1 Å². The van der Waals surface area contributed by atoms with Crippen molar-refractivity contribution in [3.8, 4) is 40.4 Å². The molecule has 0 nitrogen and oxygen atoms in total. The molecule has 10 aromatic rings. The summed E-state index contributed by atoms with van der Waals surface area (Å²) in [5, 5.41) is 5.08. The number of aryl methyl sites for hydroxylation is 2. The summed E-state index contributed by atoms with van der Waals surface area (Å²) in [6, 6.07) is 31.4. The summed E-state index contributed by atoms with van der Waals surface area (Å²) in [6.45, 7) is 4.28. The third kappa shape index (κ3) is 5.05. The number of hydrogen-bond acceptors (Lipinski definition) is 6. The van der Waals surface area contributed by atoms with E-state index in [1.54, 1.807) is 45.3 Å². The third-order valence-corrected chi connectivity index (χ3v) is 19.7. The van der Waals surface area contributed by atoms with Gasteiger partial charge in [-0.15, -0.1) is 68.0 Å². The van der Waals surface area contributed by atoms with Gasteiger partial charge in [-0.25, -0.2) is 0 Å². The highest BCUT2D eigenvalue weighted by Crippen LogP contribution is 2.53. The van der Waals surface area contributed by atoms with E-state index in [9.17, 15) is 0 Å². The lowest BCUT2D eigenvalue weighted by atomic mass is 9.95. The van der Waals surface area contributed by atoms with Gasteiger partial charge in [0, 0.05) is 38.3 Å². The monoisotopic (exact) mass is 872 g/mol. The fourth-order valence-corrected chi connectivity index (χ4v) is 16.6. The Morgan fingerprint density at radius 1 is 0.420 bits per heavy atom. The highest BCUT2D eigenvalue weighted by molar-refractivity contribution is 9.11. The standard InChI is InChI=1S/C40H20B2Br2S6/c1-17-3-5-21-13-23(9-7-19(21)11-17)25-15-27-33(45-25)29(41)35(47-27)39-32(44)40-37(50-39)30(42)36(49-40)38-31(43)34-28(48-38)16-26(46-34)24-10-8-20-12-18(2)4-6-22(20)14-24/h3-16H,1-2H3. The van der Waals surface area contributed by atoms with Crippen LogP contribution in [-0.2, 0) is 0 Å². The minimum absolute atomic E-state index is 0.840. The van der Waals surface area contributed by atoms with E-state index in [-0.39, 0.29) is 0 Å². The Hall–Kier alpha value is -2.53. The van der Waals surface area contributed by atoms with E-state index in [2.05, 4.69) is 131 Å². The molecule has 4 radical (unpaired) electrons. The first-order chi connectivity index (χ1) is 24.2. The van der Waals surface area contributed by atoms with Crippen molar-refractivity contribution in [1.82, 2.24) is 0 Å². The highest BCUT2D eigenvalue weighted by Gasteiger charge is 2.25. The first kappa shape index (κ1) is 32.1. The van der Waals surface area contributed by atoms with Gasteiger partial charge in [0.15, 0.2) is 0 Å². The SMILES string of the molecule is [B]c1c(-c2sc3c([B])c(-c4sc5cc(-c6ccc7cc(C)ccc7c6)sc5c4Br)sc3c2Br)sc2cc(-c3ccc4cc(C)ccc4c3)sc12. The predicted molar refractivity (Wildman–Crippen MR) is 239 cm³/mol. The number of fused-ring (bicyclic) bond motifs is 5. The van der Waals surface area contributed by atoms with Gasteiger partial charge in [-0.2, -0.15) is 0 Å². The Kier molecular flexibility index (Phi) is 7.72. The minimum Gasteiger partial charge on any atom is -0.135 e. The zero-order valence-electron chi connectivity index (χ0n) is 26.4. The molecule has 0 aliphatic rings. The molecule has 0 atom stereocenters. The molecule has 6 aromatic heterocycles. The molecule has 0 aliphatic heterocycles. The maximum atomic E-state index is 6.96. The van der Waals surface area contributed by atoms with Crippen LogP contribution in [0.25, 0.3) is 90.1 Å². The van der Waals surface area contributed by atoms with Crippen LogP contribution in [0, 0.1) is 13.8 Å². The fourth-order valence-electron chi connectivity index (χ4n) is 6.64. The van der Waals surface area contributed by atoms with E-state index in [0.29, 0.717) is 0 Å². The molecule has 236 valence electrons. The summed E-state index contributed by atoms with van der Waals surface area (Å²) in [5.74, 6) is 0. The van der Waals surface area contributed by atoms with Crippen LogP contribution in [0.1, 0.15) is 11.1 Å². The van der Waals surface area contributed by atoms with Gasteiger partial charge in [0.2, 0.25) is 0 Å². The van der Waals surface area contributed by atoms with Crippen LogP contribution in [0.2, 0.25) is 0 Å². The average molecular weight is 874 g/mol. The topological polar surface area (TPSA) is 0 Å². The Morgan fingerprint density at radius 2 is 0.860 bits per heavy atom. The van der Waals surface area contributed by atoms with Crippen molar-refractivity contribution in [3.63, 3.8) is 0 Å². The van der Waals surface area contributed by atoms with Crippen LogP contribution in [0.3, 0.4) is 0 Å². The molecule has 0 fully saturated rings. The Labute approximate surface area is 332 Å². The van der Waals surface area contributed by atoms with Crippen LogP contribution < -0.4 is 10.9 Å². The van der Waals surface area contributed by atoms with Crippen molar-refractivity contribution in [3.05, 3.63) is 105 Å². The van der Waals surface area contributed by atoms with Gasteiger partial charge in [-0.3, -0.25) is 0 Å². The number of hydrogen-bond donors (Lipinski definition) is 0. The van der Waals surface area contributed by atoms with Gasteiger partial charge in [0.25, 0.3) is 0 Å². The van der Waals surface area contributed by atoms with Gasteiger partial charge in [-0.1, -0.05) is 82.7 Å². The Bertz CT molecular complexity index is 2820. The number of halogens is 2. The number of rotatable bonds is 4. The zero-order valence-corrected chi connectivity index (χ0v) is 34.5. The summed E-state index contributed by atoms with van der Waals surface area (Å²) in [7, 11) is 13.9. The highest BCUT2D eigenvalue weighted by atomic mass is 79.9. The van der Waals surface area contributed by atoms with Gasteiger partial charge < -0.3 is 0 Å². The maximum Gasteiger partial charge on any atom is 0.117 e. The molecular weight excluding hydrogens is 854 g/mol. The number of thiophene rings is 6. The summed E-state index contributed by atoms with van der Waals surface area (Å²) in [5.41, 5.74) is 6.74. The van der Waals surface area contributed by atoms with Gasteiger partial charge in [0.1, 0.15) is 15.7 Å². The molecule has 0 saturated carbocycles. The van der Waals surface area contributed by atoms with E-state index in [4.69, 9.17) is 15.7 Å². The average Bonchev–Trinajstić information content (AvgIpc) is 3.95. The fraction of sp³-hybridized carbons (Fsp3) is 0.0500. The molecule has 6 heterocycles. The second-order valence-corrected chi connectivity index (χ2v) is 20.4. The summed E-state index contributed by atoms with van der Waals surface area (Å²) < 4.78 is 9.42. The second kappa shape index (κ2) is 12.0. The molecule has 0 N–H and O–H groups in total. The molecule has 0 spiro atoms. The molecule has 0 unspecified atom stereocenters. The predicted octanol–water partition coefficient (Wildman–Crippen LogP) is 14.2. The minimum atomic E-state index is 0.840. The lowest BCUT2D eigenvalue weighted by molar-refractivity contribution is 1.51. The second-order valence-electron chi connectivity index (χ2n) is 12.6. The quantitative estimate of drug-likeness (QED) is 0.155. The molecule has 50 heavy (non-hydrogen) atoms. The van der Waals surface area contributed by atoms with E-state index in [1.165, 1.54) is 77.2 Å². The summed E-state index contributed by atoms with van der Waals surface area (Å²) in [6.07, 6.45) is 0. The van der Waals surface area contributed by atoms with Crippen LogP contribution in [0.4, 0.5) is 0 Å². The first-order valence-electron chi connectivity index (χ1n) is 15.8. The Morgan fingerprint density at radius 3 is 1.44 bits per heavy atom. The normalized spacial score (nSPS) is 12.2. The maximum absolute atomic E-state index is 6.96. The number of benzene rings is 4. The van der Waals surface area contributed by atoms with Crippen LogP contribution in [0.5, 0.6) is 0 Å². The first-order valence-corrected chi connectivity index (χ1v) is 22.2. The molecular formula is C40H20B2Br2S6. The van der Waals surface area contributed by atoms with E-state index in [0.717, 1.165) is 43.9 Å². The largest absolute Gasteiger partial charge is 0.135 e. The molecule has 4 aromatic carbocycles. The molecule has 0 amide bonds. The summed E-state index contributed by atoms with van der Waals surface area (Å²) >= 11 is 18.7. The van der Waals surface area contributed by atoms with E-state index >= 15 is 0 Å². The van der Waals surface area contributed by atoms with Crippen molar-refractivity contribution in [1.29, 1.82) is 0 Å². The van der Waals surface area contributed by atoms with Crippen molar-refractivity contribution < 1.29 is 0 Å². The molecule has 0 aliphatic carbocycles. The molecule has 10 heteroatoms. The molecule has 0 bridgehead atoms. The lowest BCUT2D eigenvalue weighted by Crippen LogP contribution is -2.01. The van der Waals surface area contributed by atoms with Crippen LogP contribution >= 0.6 is 99.9 Å². The van der Waals surface area contributed by atoms with E-state index < -0.39 is 0 Å². The molecule has 0 saturated heterocycles. The van der Waals surface area contributed by atoms with Crippen molar-refractivity contribution in [2.75, 3.05) is 0 Å². The van der Waals surface area contributed by atoms with Crippen molar-refractivity contribution >= 4 is 176 Å². The zero-order chi connectivity index (χ0) is 34.0. The van der Waals surface area contributed by atoms with Crippen LogP contribution in [0.15, 0.2) is 93.9 Å². The van der Waals surface area contributed by atoms with Gasteiger partial charge >= 0.3 is 0 Å². The lowest BCUT2D eigenvalue weighted by Gasteiger charge is -2.03. The summed E-state index contributed by atoms with van der Waals surface area (Å²) in [4.78, 5) is 7.10. The van der Waals surface area contributed by atoms with Crippen molar-refractivity contribution in [2.24, 2.45) is 0 Å². The Balaban J connectivity index is 0.986. The smallest absolute Gasteiger partial charge is 0.117 e. The van der Waals surface area contributed by atoms with Crippen LogP contribution in [-0.4, -0.2) is 15.7 Å². The molecule has 10 rings (SSSR count). The third-order valence-electron chi connectivity index (χ3n) is 9.18.